The molecule has 0 saturated carbocycles. The number of amides is 1. The lowest BCUT2D eigenvalue weighted by Gasteiger charge is -2.33. The normalized spacial score (nSPS) is 19.5. The fourth-order valence-electron chi connectivity index (χ4n) is 5.24. The molecule has 1 saturated heterocycles. The van der Waals surface area contributed by atoms with Crippen molar-refractivity contribution in [1.29, 1.82) is 0 Å². The maximum atomic E-state index is 12.5. The number of nitrogens with one attached hydrogen (secondary N) is 2. The minimum Gasteiger partial charge on any atom is -0.384 e. The van der Waals surface area contributed by atoms with E-state index < -0.39 is 6.10 Å². The SMILES string of the molecule is CC(C)c1c[nH]c2ncc(-c3cc4c(c([C@@H]5CCCN5)c3)CN(C(=O)[C@H](C)O)CC4)cc12. The molecule has 2 aromatic heterocycles. The summed E-state index contributed by atoms with van der Waals surface area (Å²) < 4.78 is 0. The summed E-state index contributed by atoms with van der Waals surface area (Å²) in [6.45, 7) is 8.20. The topological polar surface area (TPSA) is 81.2 Å². The number of aliphatic hydroxyl groups excluding tert-OH is 1. The van der Waals surface area contributed by atoms with Crippen molar-refractivity contribution in [1.82, 2.24) is 20.2 Å². The highest BCUT2D eigenvalue weighted by atomic mass is 16.3. The van der Waals surface area contributed by atoms with Crippen molar-refractivity contribution in [3.8, 4) is 11.1 Å². The molecule has 1 fully saturated rings. The predicted molar refractivity (Wildman–Crippen MR) is 126 cm³/mol. The van der Waals surface area contributed by atoms with Crippen LogP contribution < -0.4 is 5.32 Å². The fraction of sp³-hybridized carbons (Fsp3) is 0.462. The van der Waals surface area contributed by atoms with E-state index in [9.17, 15) is 9.90 Å². The molecule has 32 heavy (non-hydrogen) atoms. The molecule has 4 heterocycles. The van der Waals surface area contributed by atoms with E-state index in [1.807, 2.05) is 6.20 Å². The largest absolute Gasteiger partial charge is 0.384 e. The van der Waals surface area contributed by atoms with Gasteiger partial charge < -0.3 is 20.3 Å². The van der Waals surface area contributed by atoms with Crippen LogP contribution in [-0.2, 0) is 17.8 Å². The van der Waals surface area contributed by atoms with Crippen molar-refractivity contribution in [3.63, 3.8) is 0 Å². The van der Waals surface area contributed by atoms with Crippen LogP contribution >= 0.6 is 0 Å². The zero-order valence-corrected chi connectivity index (χ0v) is 19.1. The molecule has 6 nitrogen and oxygen atoms in total. The van der Waals surface area contributed by atoms with E-state index in [1.54, 1.807) is 11.8 Å². The van der Waals surface area contributed by atoms with Crippen molar-refractivity contribution < 1.29 is 9.90 Å². The van der Waals surface area contributed by atoms with Crippen molar-refractivity contribution >= 4 is 16.9 Å². The summed E-state index contributed by atoms with van der Waals surface area (Å²) in [5.74, 6) is 0.244. The van der Waals surface area contributed by atoms with E-state index in [0.717, 1.165) is 37.0 Å². The minimum absolute atomic E-state index is 0.187. The first-order valence-electron chi connectivity index (χ1n) is 11.8. The van der Waals surface area contributed by atoms with Crippen LogP contribution in [0.3, 0.4) is 0 Å². The van der Waals surface area contributed by atoms with Crippen LogP contribution in [0.1, 0.15) is 67.8 Å². The average Bonchev–Trinajstić information content (AvgIpc) is 3.47. The van der Waals surface area contributed by atoms with Gasteiger partial charge in [-0.05, 0) is 78.6 Å². The lowest BCUT2D eigenvalue weighted by atomic mass is 9.87. The molecule has 168 valence electrons. The number of carbonyl (C=O) groups is 1. The summed E-state index contributed by atoms with van der Waals surface area (Å²) in [4.78, 5) is 22.3. The third kappa shape index (κ3) is 3.71. The molecule has 1 aromatic carbocycles. The smallest absolute Gasteiger partial charge is 0.251 e. The van der Waals surface area contributed by atoms with E-state index in [4.69, 9.17) is 4.98 Å². The number of hydrogen-bond acceptors (Lipinski definition) is 4. The van der Waals surface area contributed by atoms with Crippen LogP contribution in [0.5, 0.6) is 0 Å². The molecule has 3 N–H and O–H groups in total. The van der Waals surface area contributed by atoms with Gasteiger partial charge >= 0.3 is 0 Å². The van der Waals surface area contributed by atoms with E-state index in [2.05, 4.69) is 48.5 Å². The Morgan fingerprint density at radius 3 is 2.78 bits per heavy atom. The number of aromatic nitrogens is 2. The summed E-state index contributed by atoms with van der Waals surface area (Å²) >= 11 is 0. The van der Waals surface area contributed by atoms with Gasteiger partial charge in [-0.1, -0.05) is 19.9 Å². The molecule has 0 unspecified atom stereocenters. The third-order valence-corrected chi connectivity index (χ3v) is 7.00. The Balaban J connectivity index is 1.59. The number of nitrogens with zero attached hydrogens (tertiary/aromatic N) is 2. The molecular formula is C26H32N4O2. The van der Waals surface area contributed by atoms with Crippen LogP contribution in [0.4, 0.5) is 0 Å². The van der Waals surface area contributed by atoms with E-state index >= 15 is 0 Å². The van der Waals surface area contributed by atoms with Gasteiger partial charge in [0, 0.05) is 42.5 Å². The van der Waals surface area contributed by atoms with Gasteiger partial charge in [0.15, 0.2) is 0 Å². The maximum Gasteiger partial charge on any atom is 0.251 e. The Kier molecular flexibility index (Phi) is 5.51. The number of aliphatic hydroxyl groups is 1. The van der Waals surface area contributed by atoms with Crippen molar-refractivity contribution in [2.45, 2.75) is 64.6 Å². The van der Waals surface area contributed by atoms with Crippen LogP contribution in [0, 0.1) is 0 Å². The molecular weight excluding hydrogens is 400 g/mol. The molecule has 2 aliphatic rings. The summed E-state index contributed by atoms with van der Waals surface area (Å²) in [7, 11) is 0. The molecule has 3 aromatic rings. The Morgan fingerprint density at radius 2 is 2.06 bits per heavy atom. The van der Waals surface area contributed by atoms with Crippen molar-refractivity contribution in [3.05, 3.63) is 52.8 Å². The first-order valence-corrected chi connectivity index (χ1v) is 11.8. The van der Waals surface area contributed by atoms with Gasteiger partial charge in [-0.2, -0.15) is 0 Å². The van der Waals surface area contributed by atoms with E-state index in [0.29, 0.717) is 25.0 Å². The molecule has 5 rings (SSSR count). The van der Waals surface area contributed by atoms with Crippen LogP contribution in [0.2, 0.25) is 0 Å². The fourth-order valence-corrected chi connectivity index (χ4v) is 5.24. The molecule has 6 heteroatoms. The summed E-state index contributed by atoms with van der Waals surface area (Å²) in [5, 5.41) is 14.6. The number of aromatic amines is 1. The molecule has 2 aliphatic heterocycles. The van der Waals surface area contributed by atoms with Crippen LogP contribution in [-0.4, -0.2) is 45.1 Å². The first kappa shape index (κ1) is 21.2. The molecule has 0 bridgehead atoms. The van der Waals surface area contributed by atoms with Gasteiger partial charge in [0.05, 0.1) is 0 Å². The lowest BCUT2D eigenvalue weighted by molar-refractivity contribution is -0.140. The third-order valence-electron chi connectivity index (χ3n) is 7.00. The van der Waals surface area contributed by atoms with Crippen LogP contribution in [0.15, 0.2) is 30.6 Å². The van der Waals surface area contributed by atoms with Gasteiger partial charge in [0.2, 0.25) is 0 Å². The number of benzene rings is 1. The zero-order chi connectivity index (χ0) is 22.4. The highest BCUT2D eigenvalue weighted by Gasteiger charge is 2.29. The number of fused-ring (bicyclic) bond motifs is 2. The summed E-state index contributed by atoms with van der Waals surface area (Å²) in [5.41, 5.74) is 8.37. The Labute approximate surface area is 189 Å². The van der Waals surface area contributed by atoms with Gasteiger partial charge in [-0.3, -0.25) is 4.79 Å². The second kappa shape index (κ2) is 8.34. The Morgan fingerprint density at radius 1 is 1.22 bits per heavy atom. The molecule has 2 atom stereocenters. The second-order valence-electron chi connectivity index (χ2n) is 9.56. The monoisotopic (exact) mass is 432 g/mol. The van der Waals surface area contributed by atoms with Crippen LogP contribution in [0.25, 0.3) is 22.2 Å². The molecule has 0 aliphatic carbocycles. The lowest BCUT2D eigenvalue weighted by Crippen LogP contribution is -2.41. The zero-order valence-electron chi connectivity index (χ0n) is 19.1. The standard InChI is InChI=1S/C26H32N4O2/c1-15(2)22-13-29-25-21(22)11-19(12-28-25)18-9-17-6-8-30(26(32)16(3)31)14-23(17)20(10-18)24-5-4-7-27-24/h9-13,15-16,24,27,31H,4-8,14H2,1-3H3,(H,28,29)/t16-,24-/m0/s1. The highest BCUT2D eigenvalue weighted by molar-refractivity contribution is 5.85. The van der Waals surface area contributed by atoms with Gasteiger partial charge in [-0.25, -0.2) is 4.98 Å². The minimum atomic E-state index is -0.960. The number of carbonyl (C=O) groups excluding carboxylic acids is 1. The second-order valence-corrected chi connectivity index (χ2v) is 9.56. The number of hydrogen-bond donors (Lipinski definition) is 3. The molecule has 1 amide bonds. The summed E-state index contributed by atoms with van der Waals surface area (Å²) in [6, 6.07) is 7.14. The van der Waals surface area contributed by atoms with E-state index in [1.165, 1.54) is 33.2 Å². The number of rotatable bonds is 4. The van der Waals surface area contributed by atoms with Gasteiger partial charge in [0.1, 0.15) is 11.8 Å². The average molecular weight is 433 g/mol. The van der Waals surface area contributed by atoms with Gasteiger partial charge in [0.25, 0.3) is 5.91 Å². The molecule has 0 radical (unpaired) electrons. The summed E-state index contributed by atoms with van der Waals surface area (Å²) in [6.07, 6.45) is 6.14. The Hall–Kier alpha value is -2.70. The first-order chi connectivity index (χ1) is 15.4. The number of pyridine rings is 1. The van der Waals surface area contributed by atoms with Gasteiger partial charge in [-0.15, -0.1) is 0 Å². The highest BCUT2D eigenvalue weighted by Crippen LogP contribution is 2.36. The number of H-pyrrole nitrogens is 1. The Bertz CT molecular complexity index is 1160. The molecule has 0 spiro atoms. The van der Waals surface area contributed by atoms with E-state index in [-0.39, 0.29) is 5.91 Å². The maximum absolute atomic E-state index is 12.5. The quantitative estimate of drug-likeness (QED) is 0.581. The van der Waals surface area contributed by atoms with Crippen molar-refractivity contribution in [2.75, 3.05) is 13.1 Å². The van der Waals surface area contributed by atoms with Crippen molar-refractivity contribution in [2.24, 2.45) is 0 Å². The predicted octanol–water partition coefficient (Wildman–Crippen LogP) is 4.04.